The van der Waals surface area contributed by atoms with E-state index in [0.29, 0.717) is 52.4 Å². The van der Waals surface area contributed by atoms with E-state index in [0.717, 1.165) is 5.56 Å². The zero-order valence-electron chi connectivity index (χ0n) is 17.2. The summed E-state index contributed by atoms with van der Waals surface area (Å²) in [7, 11) is -3.55. The first-order valence-corrected chi connectivity index (χ1v) is 13.1. The summed E-state index contributed by atoms with van der Waals surface area (Å²) >= 11 is 13.6. The second-order valence-corrected chi connectivity index (χ2v) is 11.3. The van der Waals surface area contributed by atoms with Gasteiger partial charge in [-0.05, 0) is 50.1 Å². The van der Waals surface area contributed by atoms with Gasteiger partial charge in [-0.25, -0.2) is 13.4 Å². The number of halogens is 2. The topological polar surface area (TPSA) is 79.4 Å². The molecule has 0 saturated carbocycles. The van der Waals surface area contributed by atoms with Gasteiger partial charge in [0, 0.05) is 35.0 Å². The molecule has 1 fully saturated rings. The summed E-state index contributed by atoms with van der Waals surface area (Å²) in [6.07, 6.45) is 0.907. The number of hydrogen-bond acceptors (Lipinski definition) is 5. The van der Waals surface area contributed by atoms with E-state index in [2.05, 4.69) is 10.3 Å². The monoisotopic (exact) mass is 509 g/mol. The standard InChI is InChI=1S/C22H21Cl2N3O3S2/c1-14-2-5-17(6-3-14)32(29,30)27-10-8-15(9-11-27)21(28)26-22-25-20(13-31-22)18-12-16(23)4-7-19(18)24/h2-7,12-13,15H,8-11H2,1H3,(H,25,26,28). The molecule has 0 atom stereocenters. The third-order valence-electron chi connectivity index (χ3n) is 5.42. The van der Waals surface area contributed by atoms with Crippen molar-refractivity contribution in [2.45, 2.75) is 24.7 Å². The summed E-state index contributed by atoms with van der Waals surface area (Å²) < 4.78 is 27.2. The highest BCUT2D eigenvalue weighted by Crippen LogP contribution is 2.33. The summed E-state index contributed by atoms with van der Waals surface area (Å²) in [5.41, 5.74) is 2.34. The zero-order chi connectivity index (χ0) is 22.9. The average molecular weight is 510 g/mol. The molecule has 168 valence electrons. The van der Waals surface area contributed by atoms with Crippen LogP contribution in [0.15, 0.2) is 52.7 Å². The predicted molar refractivity (Wildman–Crippen MR) is 129 cm³/mol. The van der Waals surface area contributed by atoms with Crippen molar-refractivity contribution in [3.8, 4) is 11.3 Å². The maximum atomic E-state index is 12.9. The van der Waals surface area contributed by atoms with Crippen molar-refractivity contribution in [1.82, 2.24) is 9.29 Å². The number of hydrogen-bond donors (Lipinski definition) is 1. The molecule has 1 saturated heterocycles. The Bertz CT molecular complexity index is 1240. The number of benzene rings is 2. The highest BCUT2D eigenvalue weighted by Gasteiger charge is 2.32. The lowest BCUT2D eigenvalue weighted by Crippen LogP contribution is -2.41. The number of anilines is 1. The van der Waals surface area contributed by atoms with Crippen molar-refractivity contribution in [1.29, 1.82) is 0 Å². The maximum absolute atomic E-state index is 12.9. The smallest absolute Gasteiger partial charge is 0.243 e. The zero-order valence-corrected chi connectivity index (χ0v) is 20.4. The van der Waals surface area contributed by atoms with Crippen LogP contribution in [0.3, 0.4) is 0 Å². The molecule has 1 aliphatic rings. The van der Waals surface area contributed by atoms with E-state index >= 15 is 0 Å². The van der Waals surface area contributed by atoms with Crippen LogP contribution in [-0.4, -0.2) is 36.7 Å². The number of nitrogens with one attached hydrogen (secondary N) is 1. The lowest BCUT2D eigenvalue weighted by atomic mass is 9.97. The number of carbonyl (C=O) groups is 1. The van der Waals surface area contributed by atoms with E-state index < -0.39 is 10.0 Å². The molecule has 1 amide bonds. The van der Waals surface area contributed by atoms with Crippen LogP contribution >= 0.6 is 34.5 Å². The minimum absolute atomic E-state index is 0.157. The van der Waals surface area contributed by atoms with Gasteiger partial charge in [0.05, 0.1) is 15.6 Å². The molecule has 32 heavy (non-hydrogen) atoms. The number of nitrogens with zero attached hydrogens (tertiary/aromatic N) is 2. The second kappa shape index (κ2) is 9.49. The van der Waals surface area contributed by atoms with Crippen molar-refractivity contribution in [2.24, 2.45) is 5.92 Å². The van der Waals surface area contributed by atoms with Gasteiger partial charge in [-0.3, -0.25) is 4.79 Å². The molecule has 0 aliphatic carbocycles. The van der Waals surface area contributed by atoms with Gasteiger partial charge in [-0.15, -0.1) is 11.3 Å². The van der Waals surface area contributed by atoms with E-state index in [1.54, 1.807) is 42.5 Å². The number of piperidine rings is 1. The Labute approximate surface area is 201 Å². The van der Waals surface area contributed by atoms with E-state index in [-0.39, 0.29) is 16.7 Å². The molecule has 2 heterocycles. The lowest BCUT2D eigenvalue weighted by molar-refractivity contribution is -0.120. The molecule has 6 nitrogen and oxygen atoms in total. The fraction of sp³-hybridized carbons (Fsp3) is 0.273. The number of amides is 1. The molecule has 0 unspecified atom stereocenters. The van der Waals surface area contributed by atoms with Gasteiger partial charge in [0.25, 0.3) is 0 Å². The maximum Gasteiger partial charge on any atom is 0.243 e. The number of thiazole rings is 1. The van der Waals surface area contributed by atoms with E-state index in [1.165, 1.54) is 15.6 Å². The van der Waals surface area contributed by atoms with Crippen LogP contribution < -0.4 is 5.32 Å². The van der Waals surface area contributed by atoms with Gasteiger partial charge < -0.3 is 5.32 Å². The van der Waals surface area contributed by atoms with E-state index in [9.17, 15) is 13.2 Å². The molecular weight excluding hydrogens is 489 g/mol. The van der Waals surface area contributed by atoms with E-state index in [1.807, 2.05) is 12.3 Å². The van der Waals surface area contributed by atoms with Crippen molar-refractivity contribution in [2.75, 3.05) is 18.4 Å². The highest BCUT2D eigenvalue weighted by atomic mass is 35.5. The summed E-state index contributed by atoms with van der Waals surface area (Å²) in [4.78, 5) is 17.5. The normalized spacial score (nSPS) is 15.6. The number of rotatable bonds is 5. The molecule has 4 rings (SSSR count). The van der Waals surface area contributed by atoms with Crippen LogP contribution in [0.25, 0.3) is 11.3 Å². The Morgan fingerprint density at radius 1 is 1.12 bits per heavy atom. The Hall–Kier alpha value is -1.97. The van der Waals surface area contributed by atoms with Gasteiger partial charge in [-0.2, -0.15) is 4.31 Å². The van der Waals surface area contributed by atoms with Crippen molar-refractivity contribution >= 4 is 55.6 Å². The Kier molecular flexibility index (Phi) is 6.88. The first kappa shape index (κ1) is 23.2. The minimum atomic E-state index is -3.55. The first-order valence-electron chi connectivity index (χ1n) is 10.0. The number of sulfonamides is 1. The van der Waals surface area contributed by atoms with Crippen LogP contribution in [0, 0.1) is 12.8 Å². The fourth-order valence-electron chi connectivity index (χ4n) is 3.57. The molecule has 0 radical (unpaired) electrons. The molecule has 1 N–H and O–H groups in total. The third kappa shape index (κ3) is 5.00. The lowest BCUT2D eigenvalue weighted by Gasteiger charge is -2.30. The van der Waals surface area contributed by atoms with Gasteiger partial charge in [0.15, 0.2) is 5.13 Å². The summed E-state index contributed by atoms with van der Waals surface area (Å²) in [6, 6.07) is 11.9. The number of aromatic nitrogens is 1. The predicted octanol–water partition coefficient (Wildman–Crippen LogP) is 5.46. The highest BCUT2D eigenvalue weighted by molar-refractivity contribution is 7.89. The summed E-state index contributed by atoms with van der Waals surface area (Å²) in [5.74, 6) is -0.433. The second-order valence-electron chi connectivity index (χ2n) is 7.64. The third-order valence-corrected chi connectivity index (χ3v) is 8.66. The van der Waals surface area contributed by atoms with Crippen LogP contribution in [0.5, 0.6) is 0 Å². The first-order chi connectivity index (χ1) is 15.2. The van der Waals surface area contributed by atoms with Crippen molar-refractivity contribution in [3.05, 3.63) is 63.5 Å². The van der Waals surface area contributed by atoms with Crippen LogP contribution in [0.4, 0.5) is 5.13 Å². The van der Waals surface area contributed by atoms with Crippen molar-refractivity contribution in [3.63, 3.8) is 0 Å². The summed E-state index contributed by atoms with van der Waals surface area (Å²) in [6.45, 7) is 2.51. The van der Waals surface area contributed by atoms with Crippen molar-refractivity contribution < 1.29 is 13.2 Å². The summed E-state index contributed by atoms with van der Waals surface area (Å²) in [5, 5.41) is 6.21. The minimum Gasteiger partial charge on any atom is -0.302 e. The molecule has 1 aromatic heterocycles. The molecule has 2 aromatic carbocycles. The Balaban J connectivity index is 1.38. The van der Waals surface area contributed by atoms with E-state index in [4.69, 9.17) is 23.2 Å². The fourth-order valence-corrected chi connectivity index (χ4v) is 6.14. The van der Waals surface area contributed by atoms with Gasteiger partial charge in [0.2, 0.25) is 15.9 Å². The Morgan fingerprint density at radius 3 is 2.50 bits per heavy atom. The number of aryl methyl sites for hydroxylation is 1. The van der Waals surface area contributed by atoms with Gasteiger partial charge in [0.1, 0.15) is 0 Å². The quantitative estimate of drug-likeness (QED) is 0.494. The largest absolute Gasteiger partial charge is 0.302 e. The molecular formula is C22H21Cl2N3O3S2. The van der Waals surface area contributed by atoms with Gasteiger partial charge in [-0.1, -0.05) is 40.9 Å². The van der Waals surface area contributed by atoms with Crippen LogP contribution in [-0.2, 0) is 14.8 Å². The number of carbonyl (C=O) groups excluding carboxylic acids is 1. The van der Waals surface area contributed by atoms with Gasteiger partial charge >= 0.3 is 0 Å². The molecule has 0 spiro atoms. The van der Waals surface area contributed by atoms with Crippen LogP contribution in [0.1, 0.15) is 18.4 Å². The Morgan fingerprint density at radius 2 is 1.81 bits per heavy atom. The van der Waals surface area contributed by atoms with Crippen LogP contribution in [0.2, 0.25) is 10.0 Å². The molecule has 3 aromatic rings. The average Bonchev–Trinajstić information content (AvgIpc) is 3.24. The SMILES string of the molecule is Cc1ccc(S(=O)(=O)N2CCC(C(=O)Nc3nc(-c4cc(Cl)ccc4Cl)cs3)CC2)cc1. The molecule has 10 heteroatoms. The molecule has 1 aliphatic heterocycles. The molecule has 0 bridgehead atoms.